The zero-order chi connectivity index (χ0) is 31.9. The van der Waals surface area contributed by atoms with Gasteiger partial charge in [0, 0.05) is 11.4 Å². The molecule has 0 spiro atoms. The van der Waals surface area contributed by atoms with Crippen LogP contribution in [0.5, 0.6) is 0 Å². The van der Waals surface area contributed by atoms with Crippen molar-refractivity contribution >= 4 is 23.2 Å². The summed E-state index contributed by atoms with van der Waals surface area (Å²) in [6, 6.07) is 51.6. The molecule has 0 aliphatic rings. The highest BCUT2D eigenvalue weighted by molar-refractivity contribution is 6.00. The van der Waals surface area contributed by atoms with Gasteiger partial charge in [-0.25, -0.2) is 0 Å². The second-order valence-electron chi connectivity index (χ2n) is 11.5. The number of amides is 2. The van der Waals surface area contributed by atoms with Crippen LogP contribution in [0.3, 0.4) is 0 Å². The van der Waals surface area contributed by atoms with Crippen molar-refractivity contribution in [1.29, 1.82) is 0 Å². The molecule has 2 amide bonds. The summed E-state index contributed by atoms with van der Waals surface area (Å²) in [5.74, 6) is -0.993. The summed E-state index contributed by atoms with van der Waals surface area (Å²) in [6.45, 7) is 4.02. The molecule has 0 aliphatic carbocycles. The number of carbonyl (C=O) groups excluding carboxylic acids is 2. The van der Waals surface area contributed by atoms with E-state index in [2.05, 4.69) is 22.8 Å². The Labute approximate surface area is 270 Å². The minimum absolute atomic E-state index is 0.0755. The van der Waals surface area contributed by atoms with E-state index in [1.54, 1.807) is 0 Å². The summed E-state index contributed by atoms with van der Waals surface area (Å²) < 4.78 is 0. The van der Waals surface area contributed by atoms with Crippen molar-refractivity contribution in [2.75, 3.05) is 10.6 Å². The van der Waals surface area contributed by atoms with E-state index in [-0.39, 0.29) is 11.8 Å². The monoisotopic (exact) mass is 600 g/mol. The first-order valence-electron chi connectivity index (χ1n) is 15.5. The van der Waals surface area contributed by atoms with Gasteiger partial charge in [0.1, 0.15) is 0 Å². The van der Waals surface area contributed by atoms with Crippen LogP contribution in [0.25, 0.3) is 11.1 Å². The van der Waals surface area contributed by atoms with Gasteiger partial charge in [0.25, 0.3) is 0 Å². The highest BCUT2D eigenvalue weighted by atomic mass is 16.2. The molecule has 6 aromatic rings. The van der Waals surface area contributed by atoms with Gasteiger partial charge in [0.05, 0.1) is 11.8 Å². The molecule has 46 heavy (non-hydrogen) atoms. The van der Waals surface area contributed by atoms with Gasteiger partial charge in [-0.3, -0.25) is 9.59 Å². The molecule has 0 aliphatic heterocycles. The van der Waals surface area contributed by atoms with E-state index in [1.165, 1.54) is 0 Å². The van der Waals surface area contributed by atoms with Crippen LogP contribution in [0.2, 0.25) is 0 Å². The summed E-state index contributed by atoms with van der Waals surface area (Å²) in [4.78, 5) is 27.3. The van der Waals surface area contributed by atoms with Gasteiger partial charge in [0.2, 0.25) is 11.8 Å². The number of hydrogen-bond donors (Lipinski definition) is 2. The smallest absolute Gasteiger partial charge is 0.236 e. The molecule has 0 fully saturated rings. The lowest BCUT2D eigenvalue weighted by Gasteiger charge is -2.20. The fourth-order valence-electron chi connectivity index (χ4n) is 5.95. The minimum Gasteiger partial charge on any atom is -0.325 e. The lowest BCUT2D eigenvalue weighted by atomic mass is 9.90. The first kappa shape index (κ1) is 30.3. The zero-order valence-electron chi connectivity index (χ0n) is 26.0. The largest absolute Gasteiger partial charge is 0.325 e. The van der Waals surface area contributed by atoms with Gasteiger partial charge in [-0.05, 0) is 82.6 Å². The number of nitrogens with one attached hydrogen (secondary N) is 2. The van der Waals surface area contributed by atoms with Crippen molar-refractivity contribution in [2.45, 2.75) is 25.7 Å². The van der Waals surface area contributed by atoms with Crippen molar-refractivity contribution in [1.82, 2.24) is 0 Å². The third kappa shape index (κ3) is 6.82. The molecular weight excluding hydrogens is 564 g/mol. The summed E-state index contributed by atoms with van der Waals surface area (Å²) in [5.41, 5.74) is 9.34. The van der Waals surface area contributed by atoms with E-state index in [9.17, 15) is 9.59 Å². The van der Waals surface area contributed by atoms with E-state index in [0.717, 1.165) is 55.9 Å². The Bertz CT molecular complexity index is 1720. The fraction of sp³-hybridized carbons (Fsp3) is 0.0952. The van der Waals surface area contributed by atoms with Crippen molar-refractivity contribution in [3.63, 3.8) is 0 Å². The van der Waals surface area contributed by atoms with Crippen LogP contribution < -0.4 is 10.6 Å². The Morgan fingerprint density at radius 2 is 0.696 bits per heavy atom. The van der Waals surface area contributed by atoms with Crippen LogP contribution in [0.4, 0.5) is 11.4 Å². The van der Waals surface area contributed by atoms with Crippen LogP contribution in [0.1, 0.15) is 45.2 Å². The molecule has 0 atom stereocenters. The molecule has 2 N–H and O–H groups in total. The highest BCUT2D eigenvalue weighted by Crippen LogP contribution is 2.32. The summed E-state index contributed by atoms with van der Waals surface area (Å²) in [6.07, 6.45) is 0. The molecule has 6 aromatic carbocycles. The van der Waals surface area contributed by atoms with Crippen LogP contribution in [0.15, 0.2) is 158 Å². The number of anilines is 2. The Hall–Kier alpha value is -5.74. The Kier molecular flexibility index (Phi) is 9.17. The third-order valence-electron chi connectivity index (χ3n) is 8.36. The van der Waals surface area contributed by atoms with E-state index in [1.807, 2.05) is 159 Å². The first-order valence-corrected chi connectivity index (χ1v) is 15.5. The summed E-state index contributed by atoms with van der Waals surface area (Å²) >= 11 is 0. The molecule has 4 nitrogen and oxygen atoms in total. The van der Waals surface area contributed by atoms with E-state index in [0.29, 0.717) is 0 Å². The number of hydrogen-bond acceptors (Lipinski definition) is 2. The van der Waals surface area contributed by atoms with Crippen LogP contribution >= 0.6 is 0 Å². The average molecular weight is 601 g/mol. The standard InChI is InChI=1S/C42H36N2O2/c1-29-27-35(23-25-37(29)43-41(45)39(31-15-7-3-8-16-31)32-17-9-4-10-18-32)36-24-26-38(30(2)28-36)44-42(46)40(33-19-11-5-12-20-33)34-21-13-6-14-22-34/h3-28,39-40H,1-2H3,(H,43,45)(H,44,46). The van der Waals surface area contributed by atoms with Gasteiger partial charge in [-0.15, -0.1) is 0 Å². The number of benzene rings is 6. The van der Waals surface area contributed by atoms with E-state index >= 15 is 0 Å². The Morgan fingerprint density at radius 1 is 0.413 bits per heavy atom. The van der Waals surface area contributed by atoms with Crippen LogP contribution in [-0.4, -0.2) is 11.8 Å². The van der Waals surface area contributed by atoms with Gasteiger partial charge in [-0.2, -0.15) is 0 Å². The SMILES string of the molecule is Cc1cc(-c2ccc(NC(=O)C(c3ccccc3)c3ccccc3)c(C)c2)ccc1NC(=O)C(c1ccccc1)c1ccccc1. The Balaban J connectivity index is 1.20. The molecular formula is C42H36N2O2. The first-order chi connectivity index (χ1) is 22.5. The number of aryl methyl sites for hydroxylation is 2. The zero-order valence-corrected chi connectivity index (χ0v) is 26.0. The minimum atomic E-state index is -0.421. The predicted molar refractivity (Wildman–Crippen MR) is 188 cm³/mol. The van der Waals surface area contributed by atoms with Gasteiger partial charge >= 0.3 is 0 Å². The number of carbonyl (C=O) groups is 2. The molecule has 6 rings (SSSR count). The van der Waals surface area contributed by atoms with Crippen molar-refractivity contribution < 1.29 is 9.59 Å². The van der Waals surface area contributed by atoms with E-state index in [4.69, 9.17) is 0 Å². The summed E-state index contributed by atoms with van der Waals surface area (Å²) in [5, 5.41) is 6.36. The lowest BCUT2D eigenvalue weighted by molar-refractivity contribution is -0.117. The molecule has 0 saturated heterocycles. The second-order valence-corrected chi connectivity index (χ2v) is 11.5. The predicted octanol–water partition coefficient (Wildman–Crippen LogP) is 9.51. The van der Waals surface area contributed by atoms with E-state index < -0.39 is 11.8 Å². The molecule has 0 heterocycles. The van der Waals surface area contributed by atoms with Crippen molar-refractivity contribution in [3.05, 3.63) is 191 Å². The van der Waals surface area contributed by atoms with Gasteiger partial charge < -0.3 is 10.6 Å². The fourth-order valence-corrected chi connectivity index (χ4v) is 5.95. The van der Waals surface area contributed by atoms with Gasteiger partial charge in [0.15, 0.2) is 0 Å². The number of rotatable bonds is 9. The maximum absolute atomic E-state index is 13.7. The van der Waals surface area contributed by atoms with Crippen LogP contribution in [-0.2, 0) is 9.59 Å². The quantitative estimate of drug-likeness (QED) is 0.174. The maximum atomic E-state index is 13.7. The molecule has 0 radical (unpaired) electrons. The van der Waals surface area contributed by atoms with Crippen molar-refractivity contribution in [3.8, 4) is 11.1 Å². The highest BCUT2D eigenvalue weighted by Gasteiger charge is 2.24. The topological polar surface area (TPSA) is 58.2 Å². The molecule has 226 valence electrons. The lowest BCUT2D eigenvalue weighted by Crippen LogP contribution is -2.22. The maximum Gasteiger partial charge on any atom is 0.236 e. The second kappa shape index (κ2) is 13.9. The average Bonchev–Trinajstić information content (AvgIpc) is 3.09. The molecule has 0 aromatic heterocycles. The molecule has 0 bridgehead atoms. The van der Waals surface area contributed by atoms with Crippen molar-refractivity contribution in [2.24, 2.45) is 0 Å². The molecule has 4 heteroatoms. The van der Waals surface area contributed by atoms with Gasteiger partial charge in [-0.1, -0.05) is 133 Å². The molecule has 0 saturated carbocycles. The normalized spacial score (nSPS) is 11.0. The summed E-state index contributed by atoms with van der Waals surface area (Å²) in [7, 11) is 0. The third-order valence-corrected chi connectivity index (χ3v) is 8.36. The van der Waals surface area contributed by atoms with Crippen LogP contribution in [0, 0.1) is 13.8 Å². The Morgan fingerprint density at radius 3 is 0.957 bits per heavy atom. The molecule has 0 unspecified atom stereocenters.